The summed E-state index contributed by atoms with van der Waals surface area (Å²) >= 11 is 0. The smallest absolute Gasteiger partial charge is 0.777 e. The van der Waals surface area contributed by atoms with Crippen LogP contribution in [0.15, 0.2) is 17.1 Å². The van der Waals surface area contributed by atoms with Crippen LogP contribution < -0.4 is 115 Å². The van der Waals surface area contributed by atoms with E-state index >= 15 is 0 Å². The second-order valence-electron chi connectivity index (χ2n) is 4.58. The third kappa shape index (κ3) is 15.5. The predicted octanol–water partition coefficient (Wildman–Crippen LogP) is -12.3. The molecule has 4 atom stereocenters. The minimum atomic E-state index is -5.96. The molecule has 21 heteroatoms. The molecule has 0 bridgehead atoms. The van der Waals surface area contributed by atoms with E-state index in [9.17, 15) is 33.2 Å². The average molecular weight is 505 g/mol. The molecular formula is C8H13N3Na3O12P3. The van der Waals surface area contributed by atoms with Crippen molar-refractivity contribution >= 4 is 29.1 Å². The molecule has 0 spiro atoms. The molecule has 0 radical (unpaired) electrons. The summed E-state index contributed by atoms with van der Waals surface area (Å²) in [5, 5.41) is 9.14. The molecule has 0 aliphatic heterocycles. The van der Waals surface area contributed by atoms with E-state index in [2.05, 4.69) is 13.6 Å². The molecule has 15 nitrogen and oxygen atoms in total. The van der Waals surface area contributed by atoms with Gasteiger partial charge in [-0.3, -0.25) is 18.0 Å². The molecule has 3 unspecified atom stereocenters. The first kappa shape index (κ1) is 35.6. The number of nitrogens with two attached hydrogens (primary N) is 1. The number of aliphatic hydroxyl groups is 1. The van der Waals surface area contributed by atoms with Gasteiger partial charge in [-0.2, -0.15) is 4.98 Å². The topological polar surface area (TPSA) is 249 Å². The number of ether oxygens (including phenoxy) is 1. The summed E-state index contributed by atoms with van der Waals surface area (Å²) in [6.07, 6.45) is -1.55. The molecule has 0 amide bonds. The third-order valence-electron chi connectivity index (χ3n) is 2.40. The van der Waals surface area contributed by atoms with Crippen molar-refractivity contribution in [2.24, 2.45) is 0 Å². The number of aromatic nitrogens is 2. The van der Waals surface area contributed by atoms with Gasteiger partial charge in [-0.1, -0.05) is 0 Å². The summed E-state index contributed by atoms with van der Waals surface area (Å²) < 4.78 is 45.1. The molecule has 1 aromatic heterocycles. The number of phosphoric acid groups is 2. The zero-order valence-corrected chi connectivity index (χ0v) is 24.3. The van der Waals surface area contributed by atoms with Crippen molar-refractivity contribution in [3.8, 4) is 0 Å². The first-order valence-corrected chi connectivity index (χ1v) is 11.0. The van der Waals surface area contributed by atoms with Gasteiger partial charge in [-0.25, -0.2) is 9.11 Å². The van der Waals surface area contributed by atoms with Crippen LogP contribution in [0.25, 0.3) is 0 Å². The summed E-state index contributed by atoms with van der Waals surface area (Å²) in [6.45, 7) is -1.16. The van der Waals surface area contributed by atoms with Gasteiger partial charge in [0.2, 0.25) is 0 Å². The van der Waals surface area contributed by atoms with Crippen molar-refractivity contribution in [1.82, 2.24) is 9.55 Å². The van der Waals surface area contributed by atoms with Gasteiger partial charge in [-0.05, 0) is 6.07 Å². The Kier molecular flexibility index (Phi) is 18.5. The molecule has 1 rings (SSSR count). The minimum Gasteiger partial charge on any atom is -0.777 e. The van der Waals surface area contributed by atoms with Crippen LogP contribution in [0, 0.1) is 0 Å². The van der Waals surface area contributed by atoms with Gasteiger partial charge in [0.25, 0.3) is 15.6 Å². The van der Waals surface area contributed by atoms with Gasteiger partial charge >= 0.3 is 94.4 Å². The van der Waals surface area contributed by atoms with Crippen molar-refractivity contribution < 1.29 is 140 Å². The first-order chi connectivity index (χ1) is 11.7. The van der Waals surface area contributed by atoms with E-state index in [0.29, 0.717) is 0 Å². The Morgan fingerprint density at radius 1 is 1.17 bits per heavy atom. The fraction of sp³-hybridized carbons (Fsp3) is 0.500. The largest absolute Gasteiger partial charge is 1.00 e. The standard InChI is InChI=1S/C8H16N3O12P3.3Na/c9-7-1-2-11(8(13)10-7)3-6(4-12)21-5-24(14,15)22-26(19,20)23-25(16,17)18;;;/h1-2,6,12H,3-5H2,(H,14,15)(H,19,20)(H2,9,10,13)(H2,16,17,18);;;/q;3*+1/p-3/t6-;;;/m0.../s1. The number of aliphatic hydroxyl groups excluding tert-OH is 1. The molecule has 1 heterocycles. The van der Waals surface area contributed by atoms with Crippen LogP contribution in [0.3, 0.4) is 0 Å². The van der Waals surface area contributed by atoms with Gasteiger partial charge < -0.3 is 39.7 Å². The molecule has 150 valence electrons. The molecular weight excluding hydrogens is 492 g/mol. The van der Waals surface area contributed by atoms with Crippen LogP contribution in [-0.2, 0) is 33.6 Å². The maximum absolute atomic E-state index is 11.5. The van der Waals surface area contributed by atoms with Crippen LogP contribution in [0.5, 0.6) is 0 Å². The minimum absolute atomic E-state index is 0. The maximum atomic E-state index is 11.5. The third-order valence-corrected chi connectivity index (χ3v) is 6.28. The van der Waals surface area contributed by atoms with Crippen LogP contribution in [0.1, 0.15) is 0 Å². The molecule has 0 aromatic carbocycles. The Hall–Kier alpha value is 2.05. The van der Waals surface area contributed by atoms with Crippen molar-refractivity contribution in [1.29, 1.82) is 0 Å². The summed E-state index contributed by atoms with van der Waals surface area (Å²) in [5.74, 6) is -0.0732. The zero-order valence-electron chi connectivity index (χ0n) is 15.6. The van der Waals surface area contributed by atoms with Gasteiger partial charge in [0.15, 0.2) is 7.60 Å². The summed E-state index contributed by atoms with van der Waals surface area (Å²) in [7, 11) is -17.1. The molecule has 0 aliphatic carbocycles. The molecule has 0 fully saturated rings. The average Bonchev–Trinajstić information content (AvgIpc) is 2.41. The van der Waals surface area contributed by atoms with E-state index in [1.54, 1.807) is 0 Å². The number of hydrogen-bond acceptors (Lipinski definition) is 13. The van der Waals surface area contributed by atoms with Gasteiger partial charge in [0.1, 0.15) is 12.2 Å². The summed E-state index contributed by atoms with van der Waals surface area (Å²) in [5.41, 5.74) is 4.46. The quantitative estimate of drug-likeness (QED) is 0.197. The maximum Gasteiger partial charge on any atom is 1.00 e. The van der Waals surface area contributed by atoms with E-state index < -0.39 is 48.0 Å². The van der Waals surface area contributed by atoms with Crippen molar-refractivity contribution in [2.45, 2.75) is 12.6 Å². The van der Waals surface area contributed by atoms with Gasteiger partial charge in [-0.15, -0.1) is 0 Å². The fourth-order valence-corrected chi connectivity index (χ4v) is 4.68. The molecule has 1 aromatic rings. The number of anilines is 1. The molecule has 29 heavy (non-hydrogen) atoms. The summed E-state index contributed by atoms with van der Waals surface area (Å²) in [6, 6.07) is 1.25. The van der Waals surface area contributed by atoms with Crippen LogP contribution in [0.2, 0.25) is 0 Å². The first-order valence-electron chi connectivity index (χ1n) is 6.36. The number of nitrogens with zero attached hydrogens (tertiary/aromatic N) is 2. The van der Waals surface area contributed by atoms with E-state index in [-0.39, 0.29) is 101 Å². The molecule has 0 aliphatic rings. The van der Waals surface area contributed by atoms with Crippen LogP contribution >= 0.6 is 23.2 Å². The van der Waals surface area contributed by atoms with E-state index in [1.807, 2.05) is 0 Å². The molecule has 0 saturated heterocycles. The monoisotopic (exact) mass is 505 g/mol. The van der Waals surface area contributed by atoms with Crippen LogP contribution in [0.4, 0.5) is 5.82 Å². The van der Waals surface area contributed by atoms with Crippen molar-refractivity contribution in [3.63, 3.8) is 0 Å². The predicted molar refractivity (Wildman–Crippen MR) is 76.9 cm³/mol. The zero-order chi connectivity index (χ0) is 20.2. The summed E-state index contributed by atoms with van der Waals surface area (Å²) in [4.78, 5) is 56.0. The van der Waals surface area contributed by atoms with Gasteiger partial charge in [0.05, 0.1) is 19.3 Å². The van der Waals surface area contributed by atoms with Crippen molar-refractivity contribution in [2.75, 3.05) is 18.7 Å². The number of rotatable bonds is 10. The van der Waals surface area contributed by atoms with Crippen LogP contribution in [-0.4, -0.2) is 38.6 Å². The Morgan fingerprint density at radius 3 is 2.17 bits per heavy atom. The Labute approximate surface area is 230 Å². The van der Waals surface area contributed by atoms with Gasteiger partial charge in [0, 0.05) is 6.20 Å². The number of nitrogen functional groups attached to an aromatic ring is 1. The number of hydrogen-bond donors (Lipinski definition) is 3. The fourth-order valence-electron chi connectivity index (χ4n) is 1.48. The molecule has 0 saturated carbocycles. The normalized spacial score (nSPS) is 17.8. The second-order valence-corrected chi connectivity index (χ2v) is 9.20. The second kappa shape index (κ2) is 15.0. The van der Waals surface area contributed by atoms with E-state index in [4.69, 9.17) is 20.5 Å². The Balaban J connectivity index is -0.00000225. The molecule has 4 N–H and O–H groups in total. The van der Waals surface area contributed by atoms with Crippen molar-refractivity contribution in [3.05, 3.63) is 22.7 Å². The Morgan fingerprint density at radius 2 is 1.72 bits per heavy atom. The SMILES string of the molecule is Nc1ccn(C[C@@H](CO)OCP(=O)([O-])OP(=O)([O-])OP(=O)([O-])O)c(=O)n1.[Na+].[Na+].[Na+]. The van der Waals surface area contributed by atoms with E-state index in [0.717, 1.165) is 4.57 Å². The Bertz CT molecular complexity index is 834. The van der Waals surface area contributed by atoms with E-state index in [1.165, 1.54) is 12.3 Å².